The lowest BCUT2D eigenvalue weighted by molar-refractivity contribution is 0.117. The highest BCUT2D eigenvalue weighted by molar-refractivity contribution is 9.10. The fourth-order valence-corrected chi connectivity index (χ4v) is 3.91. The van der Waals surface area contributed by atoms with Gasteiger partial charge in [0.2, 0.25) is 5.88 Å². The third-order valence-corrected chi connectivity index (χ3v) is 5.81. The zero-order chi connectivity index (χ0) is 19.9. The molecule has 2 heterocycles. The molecule has 1 fully saturated rings. The monoisotopic (exact) mass is 444 g/mol. The first-order valence-corrected chi connectivity index (χ1v) is 10.8. The van der Waals surface area contributed by atoms with Crippen LogP contribution in [0.2, 0.25) is 0 Å². The molecule has 0 amide bonds. The van der Waals surface area contributed by atoms with Gasteiger partial charge in [-0.3, -0.25) is 4.98 Å². The van der Waals surface area contributed by atoms with Crippen molar-refractivity contribution in [1.82, 2.24) is 14.9 Å². The summed E-state index contributed by atoms with van der Waals surface area (Å²) in [5, 5.41) is 0. The molecule has 3 rings (SSSR count). The van der Waals surface area contributed by atoms with Gasteiger partial charge in [-0.25, -0.2) is 9.98 Å². The van der Waals surface area contributed by atoms with Gasteiger partial charge in [-0.15, -0.1) is 0 Å². The fraction of sp³-hybridized carbons (Fsp3) is 0.500. The number of pyridine rings is 2. The molecule has 2 aromatic rings. The number of hydrogen-bond acceptors (Lipinski definition) is 4. The van der Waals surface area contributed by atoms with Crippen LogP contribution in [0, 0.1) is 12.8 Å². The summed E-state index contributed by atoms with van der Waals surface area (Å²) in [6.07, 6.45) is 9.47. The average Bonchev–Trinajstić information content (AvgIpc) is 2.70. The second-order valence-electron chi connectivity index (χ2n) is 7.50. The Morgan fingerprint density at radius 1 is 1.36 bits per heavy atom. The van der Waals surface area contributed by atoms with Gasteiger partial charge in [0.25, 0.3) is 0 Å². The Bertz CT molecular complexity index is 797. The number of halogens is 1. The van der Waals surface area contributed by atoms with Gasteiger partial charge in [-0.2, -0.15) is 0 Å². The lowest BCUT2D eigenvalue weighted by atomic mass is 9.84. The van der Waals surface area contributed by atoms with Crippen LogP contribution in [0.5, 0.6) is 5.88 Å². The molecule has 2 unspecified atom stereocenters. The van der Waals surface area contributed by atoms with Gasteiger partial charge in [-0.1, -0.05) is 6.07 Å². The number of aliphatic imine (C=N–C) groups is 1. The summed E-state index contributed by atoms with van der Waals surface area (Å²) in [5.74, 6) is 1.28. The highest BCUT2D eigenvalue weighted by atomic mass is 79.9. The quantitative estimate of drug-likeness (QED) is 0.427. The Morgan fingerprint density at radius 2 is 2.21 bits per heavy atom. The van der Waals surface area contributed by atoms with Gasteiger partial charge in [0.15, 0.2) is 0 Å². The van der Waals surface area contributed by atoms with Crippen LogP contribution >= 0.6 is 15.9 Å². The third kappa shape index (κ3) is 5.77. The van der Waals surface area contributed by atoms with Gasteiger partial charge in [-0.05, 0) is 86.0 Å². The van der Waals surface area contributed by atoms with Gasteiger partial charge < -0.3 is 9.64 Å². The molecule has 150 valence electrons. The van der Waals surface area contributed by atoms with Gasteiger partial charge in [0.1, 0.15) is 6.10 Å². The highest BCUT2D eigenvalue weighted by Crippen LogP contribution is 2.34. The number of hydrogen-bond donors (Lipinski definition) is 0. The first-order chi connectivity index (χ1) is 13.5. The second-order valence-corrected chi connectivity index (χ2v) is 8.35. The first-order valence-electron chi connectivity index (χ1n) is 10.0. The van der Waals surface area contributed by atoms with E-state index in [1.54, 1.807) is 0 Å². The minimum absolute atomic E-state index is 0.200. The van der Waals surface area contributed by atoms with E-state index in [9.17, 15) is 0 Å². The molecule has 5 nitrogen and oxygen atoms in total. The molecular weight excluding hydrogens is 416 g/mol. The number of nitrogens with zero attached hydrogens (tertiary/aromatic N) is 4. The van der Waals surface area contributed by atoms with E-state index in [1.165, 1.54) is 18.5 Å². The lowest BCUT2D eigenvalue weighted by Crippen LogP contribution is -2.27. The van der Waals surface area contributed by atoms with Crippen LogP contribution in [0.4, 0.5) is 5.69 Å². The molecule has 1 aliphatic carbocycles. The molecule has 6 heteroatoms. The molecule has 0 saturated heterocycles. The molecule has 2 atom stereocenters. The van der Waals surface area contributed by atoms with E-state index in [4.69, 9.17) is 4.74 Å². The third-order valence-electron chi connectivity index (χ3n) is 5.24. The topological polar surface area (TPSA) is 50.6 Å². The van der Waals surface area contributed by atoms with E-state index in [0.717, 1.165) is 41.7 Å². The summed E-state index contributed by atoms with van der Waals surface area (Å²) < 4.78 is 7.15. The van der Waals surface area contributed by atoms with Crippen molar-refractivity contribution in [2.75, 3.05) is 13.6 Å². The van der Waals surface area contributed by atoms with Crippen molar-refractivity contribution in [3.63, 3.8) is 0 Å². The van der Waals surface area contributed by atoms with Crippen molar-refractivity contribution in [3.05, 3.63) is 46.3 Å². The average molecular weight is 445 g/mol. The molecule has 0 N–H and O–H groups in total. The Labute approximate surface area is 176 Å². The molecule has 0 aliphatic heterocycles. The minimum atomic E-state index is 0.200. The van der Waals surface area contributed by atoms with E-state index in [2.05, 4.69) is 49.9 Å². The molecule has 0 aromatic carbocycles. The summed E-state index contributed by atoms with van der Waals surface area (Å²) in [5.41, 5.74) is 2.90. The molecule has 0 bridgehead atoms. The zero-order valence-corrected chi connectivity index (χ0v) is 18.5. The van der Waals surface area contributed by atoms with Crippen molar-refractivity contribution in [2.45, 2.75) is 52.1 Å². The van der Waals surface area contributed by atoms with E-state index < -0.39 is 0 Å². The van der Waals surface area contributed by atoms with Crippen molar-refractivity contribution in [1.29, 1.82) is 0 Å². The first kappa shape index (κ1) is 20.8. The molecule has 2 aromatic heterocycles. The van der Waals surface area contributed by atoms with E-state index in [1.807, 2.05) is 43.5 Å². The highest BCUT2D eigenvalue weighted by Gasteiger charge is 2.25. The molecule has 1 saturated carbocycles. The molecule has 1 aliphatic rings. The molecular formula is C22H29BrN4O. The molecule has 28 heavy (non-hydrogen) atoms. The SMILES string of the molecule is CCN(C)C=Nc1cc(Br)c(OC2CCCC(Cc3ccccn3)C2)nc1C. The van der Waals surface area contributed by atoms with Crippen LogP contribution in [-0.4, -0.2) is 40.9 Å². The number of rotatable bonds is 7. The molecule has 0 spiro atoms. The van der Waals surface area contributed by atoms with Crippen LogP contribution in [0.3, 0.4) is 0 Å². The summed E-state index contributed by atoms with van der Waals surface area (Å²) in [7, 11) is 2.00. The van der Waals surface area contributed by atoms with Crippen LogP contribution in [0.25, 0.3) is 0 Å². The van der Waals surface area contributed by atoms with Crippen LogP contribution in [0.1, 0.15) is 44.0 Å². The van der Waals surface area contributed by atoms with Crippen molar-refractivity contribution in [3.8, 4) is 5.88 Å². The maximum Gasteiger partial charge on any atom is 0.228 e. The second kappa shape index (κ2) is 10.0. The Kier molecular flexibility index (Phi) is 7.43. The number of aryl methyl sites for hydroxylation is 1. The zero-order valence-electron chi connectivity index (χ0n) is 16.9. The maximum absolute atomic E-state index is 6.30. The summed E-state index contributed by atoms with van der Waals surface area (Å²) in [6, 6.07) is 8.13. The van der Waals surface area contributed by atoms with Crippen LogP contribution in [-0.2, 0) is 6.42 Å². The van der Waals surface area contributed by atoms with E-state index in [-0.39, 0.29) is 6.10 Å². The predicted octanol–water partition coefficient (Wildman–Crippen LogP) is 5.34. The van der Waals surface area contributed by atoms with Crippen molar-refractivity contribution >= 4 is 28.0 Å². The van der Waals surface area contributed by atoms with Crippen molar-refractivity contribution in [2.24, 2.45) is 10.9 Å². The van der Waals surface area contributed by atoms with Gasteiger partial charge >= 0.3 is 0 Å². The van der Waals surface area contributed by atoms with E-state index >= 15 is 0 Å². The van der Waals surface area contributed by atoms with E-state index in [0.29, 0.717) is 11.8 Å². The summed E-state index contributed by atoms with van der Waals surface area (Å²) >= 11 is 3.62. The van der Waals surface area contributed by atoms with Gasteiger partial charge in [0.05, 0.1) is 22.2 Å². The van der Waals surface area contributed by atoms with Crippen LogP contribution < -0.4 is 4.74 Å². The normalized spacial score (nSPS) is 19.7. The largest absolute Gasteiger partial charge is 0.474 e. The standard InChI is InChI=1S/C22H29BrN4O/c1-4-27(3)15-25-21-14-20(23)22(26-16(21)2)28-19-10-7-8-17(13-19)12-18-9-5-6-11-24-18/h5-6,9,11,14-15,17,19H,4,7-8,10,12-13H2,1-3H3. The summed E-state index contributed by atoms with van der Waals surface area (Å²) in [4.78, 5) is 15.7. The number of ether oxygens (including phenoxy) is 1. The maximum atomic E-state index is 6.30. The minimum Gasteiger partial charge on any atom is -0.474 e. The smallest absolute Gasteiger partial charge is 0.228 e. The molecule has 0 radical (unpaired) electrons. The van der Waals surface area contributed by atoms with Crippen LogP contribution in [0.15, 0.2) is 39.9 Å². The lowest BCUT2D eigenvalue weighted by Gasteiger charge is -2.29. The number of aromatic nitrogens is 2. The predicted molar refractivity (Wildman–Crippen MR) is 117 cm³/mol. The van der Waals surface area contributed by atoms with Crippen molar-refractivity contribution < 1.29 is 4.74 Å². The Balaban J connectivity index is 1.64. The Morgan fingerprint density at radius 3 is 2.96 bits per heavy atom. The van der Waals surface area contributed by atoms with Gasteiger partial charge in [0, 0.05) is 25.5 Å². The fourth-order valence-electron chi connectivity index (χ4n) is 3.51. The Hall–Kier alpha value is -1.95. The summed E-state index contributed by atoms with van der Waals surface area (Å²) in [6.45, 7) is 4.98.